The van der Waals surface area contributed by atoms with Gasteiger partial charge in [-0.3, -0.25) is 4.68 Å². The Bertz CT molecular complexity index is 588. The van der Waals surface area contributed by atoms with Crippen LogP contribution in [0.4, 0.5) is 0 Å². The molecule has 0 saturated heterocycles. The highest BCUT2D eigenvalue weighted by molar-refractivity contribution is 5.38. The second-order valence-corrected chi connectivity index (χ2v) is 5.10. The van der Waals surface area contributed by atoms with E-state index in [0.717, 1.165) is 34.8 Å². The maximum Gasteiger partial charge on any atom is 0.130 e. The average Bonchev–Trinajstić information content (AvgIpc) is 2.76. The van der Waals surface area contributed by atoms with Gasteiger partial charge in [0.15, 0.2) is 0 Å². The molecule has 0 bridgehead atoms. The Labute approximate surface area is 120 Å². The van der Waals surface area contributed by atoms with Gasteiger partial charge >= 0.3 is 0 Å². The molecule has 1 N–H and O–H groups in total. The van der Waals surface area contributed by atoms with E-state index in [0.29, 0.717) is 6.61 Å². The highest BCUT2D eigenvalue weighted by Gasteiger charge is 2.11. The van der Waals surface area contributed by atoms with Gasteiger partial charge in [0, 0.05) is 12.1 Å². The zero-order chi connectivity index (χ0) is 14.7. The third-order valence-corrected chi connectivity index (χ3v) is 3.28. The number of nitrogens with zero attached hydrogens (tertiary/aromatic N) is 2. The van der Waals surface area contributed by atoms with Crippen molar-refractivity contribution in [2.75, 3.05) is 0 Å². The first-order chi connectivity index (χ1) is 9.51. The third kappa shape index (κ3) is 3.20. The summed E-state index contributed by atoms with van der Waals surface area (Å²) >= 11 is 0. The second-order valence-electron chi connectivity index (χ2n) is 5.10. The number of hydrogen-bond donors (Lipinski definition) is 1. The van der Waals surface area contributed by atoms with Crippen LogP contribution in [-0.2, 0) is 13.2 Å². The van der Waals surface area contributed by atoms with Crippen molar-refractivity contribution in [1.29, 1.82) is 0 Å². The molecule has 1 heterocycles. The van der Waals surface area contributed by atoms with Gasteiger partial charge in [-0.2, -0.15) is 5.10 Å². The Kier molecular flexibility index (Phi) is 4.45. The molecule has 0 radical (unpaired) electrons. The van der Waals surface area contributed by atoms with Crippen molar-refractivity contribution in [1.82, 2.24) is 9.78 Å². The molecule has 0 aliphatic heterocycles. The Hall–Kier alpha value is -1.81. The molecule has 0 unspecified atom stereocenters. The number of benzene rings is 1. The number of hydrogen-bond acceptors (Lipinski definition) is 3. The summed E-state index contributed by atoms with van der Waals surface area (Å²) < 4.78 is 7.84. The van der Waals surface area contributed by atoms with Gasteiger partial charge in [0.1, 0.15) is 12.4 Å². The summed E-state index contributed by atoms with van der Waals surface area (Å²) in [6.45, 7) is 9.08. The van der Waals surface area contributed by atoms with E-state index in [1.807, 2.05) is 42.8 Å². The van der Waals surface area contributed by atoms with E-state index >= 15 is 0 Å². The fourth-order valence-electron chi connectivity index (χ4n) is 2.25. The van der Waals surface area contributed by atoms with E-state index in [1.165, 1.54) is 0 Å². The molecule has 0 fully saturated rings. The van der Waals surface area contributed by atoms with E-state index in [9.17, 15) is 5.11 Å². The number of ether oxygens (including phenoxy) is 1. The summed E-state index contributed by atoms with van der Waals surface area (Å²) in [4.78, 5) is 0. The number of aromatic nitrogens is 2. The minimum Gasteiger partial charge on any atom is -0.487 e. The van der Waals surface area contributed by atoms with Gasteiger partial charge in [0.05, 0.1) is 17.5 Å². The molecule has 1 aromatic carbocycles. The smallest absolute Gasteiger partial charge is 0.130 e. The number of aryl methyl sites for hydroxylation is 3. The molecule has 1 atom stereocenters. The molecule has 0 saturated carbocycles. The van der Waals surface area contributed by atoms with Crippen LogP contribution in [0.5, 0.6) is 5.75 Å². The fourth-order valence-corrected chi connectivity index (χ4v) is 2.25. The lowest BCUT2D eigenvalue weighted by molar-refractivity contribution is 0.189. The molecule has 0 aliphatic carbocycles. The number of rotatable bonds is 5. The van der Waals surface area contributed by atoms with Gasteiger partial charge in [-0.25, -0.2) is 0 Å². The average molecular weight is 274 g/mol. The SMILES string of the molecule is CCn1nc(C)cc1COc1cc(C)ccc1[C@H](C)O. The van der Waals surface area contributed by atoms with E-state index in [2.05, 4.69) is 12.0 Å². The summed E-state index contributed by atoms with van der Waals surface area (Å²) in [6.07, 6.45) is -0.538. The molecule has 4 heteroatoms. The van der Waals surface area contributed by atoms with Crippen molar-refractivity contribution in [3.05, 3.63) is 46.8 Å². The summed E-state index contributed by atoms with van der Waals surface area (Å²) in [5.41, 5.74) is 3.97. The van der Waals surface area contributed by atoms with Gasteiger partial charge in [-0.05, 0) is 45.4 Å². The maximum absolute atomic E-state index is 9.80. The van der Waals surface area contributed by atoms with E-state index in [1.54, 1.807) is 6.92 Å². The van der Waals surface area contributed by atoms with Gasteiger partial charge in [-0.15, -0.1) is 0 Å². The van der Waals surface area contributed by atoms with Crippen molar-refractivity contribution in [3.8, 4) is 5.75 Å². The van der Waals surface area contributed by atoms with Gasteiger partial charge < -0.3 is 9.84 Å². The summed E-state index contributed by atoms with van der Waals surface area (Å²) in [5, 5.41) is 14.2. The topological polar surface area (TPSA) is 47.3 Å². The molecule has 20 heavy (non-hydrogen) atoms. The lowest BCUT2D eigenvalue weighted by Gasteiger charge is -2.14. The third-order valence-electron chi connectivity index (χ3n) is 3.28. The lowest BCUT2D eigenvalue weighted by atomic mass is 10.1. The zero-order valence-electron chi connectivity index (χ0n) is 12.6. The highest BCUT2D eigenvalue weighted by atomic mass is 16.5. The predicted octanol–water partition coefficient (Wildman–Crippen LogP) is 3.15. The van der Waals surface area contributed by atoms with Crippen LogP contribution in [0.15, 0.2) is 24.3 Å². The molecule has 1 aromatic heterocycles. The van der Waals surface area contributed by atoms with Gasteiger partial charge in [0.25, 0.3) is 0 Å². The lowest BCUT2D eigenvalue weighted by Crippen LogP contribution is -2.07. The summed E-state index contributed by atoms with van der Waals surface area (Å²) in [6, 6.07) is 7.88. The van der Waals surface area contributed by atoms with E-state index in [4.69, 9.17) is 4.74 Å². The molecule has 0 aliphatic rings. The first kappa shape index (κ1) is 14.6. The second kappa shape index (κ2) is 6.09. The molecule has 108 valence electrons. The van der Waals surface area contributed by atoms with Gasteiger partial charge in [0.2, 0.25) is 0 Å². The van der Waals surface area contributed by atoms with Crippen LogP contribution in [0.2, 0.25) is 0 Å². The Morgan fingerprint density at radius 1 is 1.30 bits per heavy atom. The highest BCUT2D eigenvalue weighted by Crippen LogP contribution is 2.27. The number of aliphatic hydroxyl groups excluding tert-OH is 1. The van der Waals surface area contributed by atoms with Crippen molar-refractivity contribution >= 4 is 0 Å². The Morgan fingerprint density at radius 3 is 2.70 bits per heavy atom. The maximum atomic E-state index is 9.80. The molecule has 0 spiro atoms. The predicted molar refractivity (Wildman–Crippen MR) is 78.8 cm³/mol. The van der Waals surface area contributed by atoms with Crippen LogP contribution in [0.25, 0.3) is 0 Å². The number of aliphatic hydroxyl groups is 1. The van der Waals surface area contributed by atoms with Crippen molar-refractivity contribution < 1.29 is 9.84 Å². The molecular formula is C16H22N2O2. The van der Waals surface area contributed by atoms with Gasteiger partial charge in [-0.1, -0.05) is 12.1 Å². The molecular weight excluding hydrogens is 252 g/mol. The van der Waals surface area contributed by atoms with E-state index < -0.39 is 6.10 Å². The van der Waals surface area contributed by atoms with Crippen LogP contribution < -0.4 is 4.74 Å². The summed E-state index contributed by atoms with van der Waals surface area (Å²) in [7, 11) is 0. The normalized spacial score (nSPS) is 12.4. The summed E-state index contributed by atoms with van der Waals surface area (Å²) in [5.74, 6) is 0.738. The minimum atomic E-state index is -0.538. The first-order valence-corrected chi connectivity index (χ1v) is 6.96. The molecule has 0 amide bonds. The Morgan fingerprint density at radius 2 is 2.05 bits per heavy atom. The van der Waals surface area contributed by atoms with Crippen LogP contribution in [0.1, 0.15) is 42.5 Å². The Balaban J connectivity index is 2.20. The van der Waals surface area contributed by atoms with Crippen LogP contribution >= 0.6 is 0 Å². The molecule has 2 aromatic rings. The van der Waals surface area contributed by atoms with Crippen LogP contribution in [0, 0.1) is 13.8 Å². The monoisotopic (exact) mass is 274 g/mol. The van der Waals surface area contributed by atoms with Crippen molar-refractivity contribution in [2.24, 2.45) is 0 Å². The van der Waals surface area contributed by atoms with Crippen molar-refractivity contribution in [2.45, 2.75) is 47.0 Å². The standard InChI is InChI=1S/C16H22N2O2/c1-5-18-14(9-12(3)17-18)10-20-16-8-11(2)6-7-15(16)13(4)19/h6-9,13,19H,5,10H2,1-4H3/t13-/m0/s1. The molecule has 4 nitrogen and oxygen atoms in total. The van der Waals surface area contributed by atoms with Crippen molar-refractivity contribution in [3.63, 3.8) is 0 Å². The first-order valence-electron chi connectivity index (χ1n) is 6.96. The van der Waals surface area contributed by atoms with Crippen LogP contribution in [-0.4, -0.2) is 14.9 Å². The fraction of sp³-hybridized carbons (Fsp3) is 0.438. The van der Waals surface area contributed by atoms with Crippen LogP contribution in [0.3, 0.4) is 0 Å². The largest absolute Gasteiger partial charge is 0.487 e. The quantitative estimate of drug-likeness (QED) is 0.911. The minimum absolute atomic E-state index is 0.456. The van der Waals surface area contributed by atoms with E-state index in [-0.39, 0.29) is 0 Å². The zero-order valence-corrected chi connectivity index (χ0v) is 12.6. The molecule has 2 rings (SSSR count).